The second-order valence-electron chi connectivity index (χ2n) is 7.95. The van der Waals surface area contributed by atoms with Gasteiger partial charge in [0.25, 0.3) is 0 Å². The largest absolute Gasteiger partial charge is 0.396 e. The van der Waals surface area contributed by atoms with Gasteiger partial charge in [-0.1, -0.05) is 17.7 Å². The van der Waals surface area contributed by atoms with Crippen molar-refractivity contribution in [1.29, 1.82) is 0 Å². The van der Waals surface area contributed by atoms with E-state index in [0.717, 1.165) is 30.3 Å². The average Bonchev–Trinajstić information content (AvgIpc) is 3.32. The Morgan fingerprint density at radius 3 is 2.83 bits per heavy atom. The second-order valence-corrected chi connectivity index (χ2v) is 7.95. The molecule has 9 heteroatoms. The lowest BCUT2D eigenvalue weighted by Crippen LogP contribution is -2.26. The molecular weight excluding hydrogens is 378 g/mol. The summed E-state index contributed by atoms with van der Waals surface area (Å²) in [5.74, 6) is 0.861. The van der Waals surface area contributed by atoms with E-state index in [1.165, 1.54) is 31.0 Å². The zero-order valence-electron chi connectivity index (χ0n) is 16.7. The Balaban J connectivity index is 1.28. The molecule has 1 fully saturated rings. The lowest BCUT2D eigenvalue weighted by atomic mass is 9.85. The third-order valence-corrected chi connectivity index (χ3v) is 5.71. The Morgan fingerprint density at radius 1 is 1.10 bits per heavy atom. The van der Waals surface area contributed by atoms with Crippen LogP contribution in [0.3, 0.4) is 0 Å². The van der Waals surface area contributed by atoms with Crippen LogP contribution in [0.1, 0.15) is 30.5 Å². The van der Waals surface area contributed by atoms with E-state index in [2.05, 4.69) is 43.3 Å². The maximum Gasteiger partial charge on any atom is 0.137 e. The average molecular weight is 403 g/mol. The molecule has 1 aliphatic rings. The van der Waals surface area contributed by atoms with Gasteiger partial charge in [-0.15, -0.1) is 5.10 Å². The Bertz CT molecular complexity index is 1170. The molecule has 4 aromatic heterocycles. The van der Waals surface area contributed by atoms with Gasteiger partial charge in [0.1, 0.15) is 11.3 Å². The molecule has 0 radical (unpaired) electrons. The fraction of sp³-hybridized carbons (Fsp3) is 0.333. The Kier molecular flexibility index (Phi) is 4.80. The van der Waals surface area contributed by atoms with Crippen molar-refractivity contribution in [3.8, 4) is 11.3 Å². The van der Waals surface area contributed by atoms with Crippen LogP contribution in [0.15, 0.2) is 43.1 Å². The summed E-state index contributed by atoms with van der Waals surface area (Å²) in [5, 5.41) is 12.0. The molecule has 0 aromatic carbocycles. The van der Waals surface area contributed by atoms with Crippen LogP contribution >= 0.6 is 0 Å². The van der Waals surface area contributed by atoms with E-state index in [1.54, 1.807) is 10.9 Å². The predicted octanol–water partition coefficient (Wildman–Crippen LogP) is 2.09. The number of fused-ring (bicyclic) bond motifs is 1. The molecule has 1 aliphatic carbocycles. The first-order valence-electron chi connectivity index (χ1n) is 10.2. The summed E-state index contributed by atoms with van der Waals surface area (Å²) in [7, 11) is 0. The van der Waals surface area contributed by atoms with E-state index in [1.807, 2.05) is 12.4 Å². The molecule has 0 saturated heterocycles. The highest BCUT2D eigenvalue weighted by Crippen LogP contribution is 2.27. The summed E-state index contributed by atoms with van der Waals surface area (Å²) in [6.45, 7) is 2.50. The van der Waals surface area contributed by atoms with E-state index in [-0.39, 0.29) is 0 Å². The van der Waals surface area contributed by atoms with Gasteiger partial charge in [-0.2, -0.15) is 0 Å². The van der Waals surface area contributed by atoms with Crippen molar-refractivity contribution in [3.63, 3.8) is 0 Å². The highest BCUT2D eigenvalue weighted by Gasteiger charge is 2.16. The van der Waals surface area contributed by atoms with Crippen LogP contribution in [-0.2, 0) is 13.1 Å². The van der Waals surface area contributed by atoms with Crippen molar-refractivity contribution in [1.82, 2.24) is 34.7 Å². The molecule has 9 nitrogen and oxygen atoms in total. The van der Waals surface area contributed by atoms with Crippen molar-refractivity contribution in [2.75, 3.05) is 18.0 Å². The second kappa shape index (κ2) is 7.75. The summed E-state index contributed by atoms with van der Waals surface area (Å²) in [6.07, 6.45) is 13.3. The molecule has 0 spiro atoms. The molecule has 0 atom stereocenters. The van der Waals surface area contributed by atoms with E-state index in [0.29, 0.717) is 29.2 Å². The van der Waals surface area contributed by atoms with E-state index in [4.69, 9.17) is 16.5 Å². The smallest absolute Gasteiger partial charge is 0.137 e. The highest BCUT2D eigenvalue weighted by atomic mass is 15.4. The van der Waals surface area contributed by atoms with Crippen LogP contribution in [0.4, 0.5) is 11.4 Å². The number of aromatic nitrogens is 6. The summed E-state index contributed by atoms with van der Waals surface area (Å²) in [5.41, 5.74) is 17.2. The number of pyridine rings is 2. The molecule has 4 heterocycles. The lowest BCUT2D eigenvalue weighted by Gasteiger charge is -2.25. The van der Waals surface area contributed by atoms with Crippen LogP contribution in [0.25, 0.3) is 16.9 Å². The maximum atomic E-state index is 6.04. The molecule has 0 unspecified atom stereocenters. The molecule has 5 rings (SSSR count). The van der Waals surface area contributed by atoms with Gasteiger partial charge in [0.15, 0.2) is 0 Å². The number of nitrogen functional groups attached to an aromatic ring is 2. The van der Waals surface area contributed by atoms with Gasteiger partial charge in [-0.05, 0) is 36.9 Å². The van der Waals surface area contributed by atoms with Gasteiger partial charge in [-0.25, -0.2) is 9.67 Å². The summed E-state index contributed by atoms with van der Waals surface area (Å²) >= 11 is 0. The predicted molar refractivity (Wildman–Crippen MR) is 115 cm³/mol. The standard InChI is InChI=1S/C21H25N9/c22-18-9-25-8-17(21(18)23)19-13-30(28-27-19)12-16-11-29-10-15(4-5-20(29)26-16)7-24-6-14-2-1-3-14/h4-5,8-11,13-14,24H,1-3,6-7,12,22H2,(H2,23,25). The SMILES string of the molecule is Nc1cncc(-c2cn(Cc3cn4cc(CNCC5CCC5)ccc4n3)nn2)c1N. The molecular formula is C21H25N9. The number of nitrogens with two attached hydrogens (primary N) is 2. The molecule has 0 amide bonds. The number of nitrogens with one attached hydrogen (secondary N) is 1. The van der Waals surface area contributed by atoms with Crippen LogP contribution in [0.5, 0.6) is 0 Å². The minimum Gasteiger partial charge on any atom is -0.396 e. The van der Waals surface area contributed by atoms with Crippen molar-refractivity contribution >= 4 is 17.0 Å². The molecule has 0 aliphatic heterocycles. The fourth-order valence-corrected chi connectivity index (χ4v) is 3.74. The highest BCUT2D eigenvalue weighted by molar-refractivity contribution is 5.81. The molecule has 4 aromatic rings. The van der Waals surface area contributed by atoms with Crippen molar-refractivity contribution in [2.45, 2.75) is 32.4 Å². The first-order valence-corrected chi connectivity index (χ1v) is 10.2. The number of anilines is 2. The topological polar surface area (TPSA) is 125 Å². The number of imidazole rings is 1. The van der Waals surface area contributed by atoms with E-state index < -0.39 is 0 Å². The van der Waals surface area contributed by atoms with Gasteiger partial charge in [-0.3, -0.25) is 4.98 Å². The summed E-state index contributed by atoms with van der Waals surface area (Å²) < 4.78 is 3.80. The summed E-state index contributed by atoms with van der Waals surface area (Å²) in [4.78, 5) is 8.78. The number of hydrogen-bond acceptors (Lipinski definition) is 7. The van der Waals surface area contributed by atoms with Gasteiger partial charge in [0.05, 0.1) is 36.0 Å². The first-order chi connectivity index (χ1) is 14.7. The Morgan fingerprint density at radius 2 is 2.00 bits per heavy atom. The van der Waals surface area contributed by atoms with Gasteiger partial charge in [0.2, 0.25) is 0 Å². The van der Waals surface area contributed by atoms with Gasteiger partial charge >= 0.3 is 0 Å². The number of hydrogen-bond donors (Lipinski definition) is 3. The third kappa shape index (κ3) is 3.71. The number of nitrogens with zero attached hydrogens (tertiary/aromatic N) is 6. The Hall–Kier alpha value is -3.46. The minimum atomic E-state index is 0.431. The van der Waals surface area contributed by atoms with Crippen LogP contribution in [0, 0.1) is 5.92 Å². The van der Waals surface area contributed by atoms with Crippen molar-refractivity contribution in [2.24, 2.45) is 5.92 Å². The third-order valence-electron chi connectivity index (χ3n) is 5.71. The van der Waals surface area contributed by atoms with E-state index >= 15 is 0 Å². The first kappa shape index (κ1) is 18.6. The zero-order chi connectivity index (χ0) is 20.5. The molecule has 1 saturated carbocycles. The summed E-state index contributed by atoms with van der Waals surface area (Å²) in [6, 6.07) is 4.18. The maximum absolute atomic E-state index is 6.04. The molecule has 30 heavy (non-hydrogen) atoms. The molecule has 154 valence electrons. The van der Waals surface area contributed by atoms with E-state index in [9.17, 15) is 0 Å². The van der Waals surface area contributed by atoms with Crippen LogP contribution in [-0.4, -0.2) is 35.9 Å². The van der Waals surface area contributed by atoms with Crippen molar-refractivity contribution < 1.29 is 0 Å². The quantitative estimate of drug-likeness (QED) is 0.431. The molecule has 0 bridgehead atoms. The Labute approximate surface area is 174 Å². The van der Waals surface area contributed by atoms with Gasteiger partial charge in [0, 0.05) is 30.7 Å². The monoisotopic (exact) mass is 403 g/mol. The number of rotatable bonds is 7. The fourth-order valence-electron chi connectivity index (χ4n) is 3.74. The molecule has 5 N–H and O–H groups in total. The lowest BCUT2D eigenvalue weighted by molar-refractivity contribution is 0.301. The van der Waals surface area contributed by atoms with Crippen LogP contribution < -0.4 is 16.8 Å². The normalized spacial score (nSPS) is 14.3. The minimum absolute atomic E-state index is 0.431. The zero-order valence-corrected chi connectivity index (χ0v) is 16.7. The van der Waals surface area contributed by atoms with Crippen molar-refractivity contribution in [3.05, 3.63) is 54.4 Å². The van der Waals surface area contributed by atoms with Crippen LogP contribution in [0.2, 0.25) is 0 Å². The van der Waals surface area contributed by atoms with Gasteiger partial charge < -0.3 is 21.2 Å².